The normalized spacial score (nSPS) is 21.1. The fourth-order valence-corrected chi connectivity index (χ4v) is 5.96. The number of aromatic amines is 1. The van der Waals surface area contributed by atoms with Gasteiger partial charge in [0.2, 0.25) is 17.7 Å². The molecule has 3 atom stereocenters. The number of fused-ring (bicyclic) bond motifs is 2. The second-order valence-electron chi connectivity index (χ2n) is 11.3. The number of halogens is 2. The quantitative estimate of drug-likeness (QED) is 0.465. The third-order valence-corrected chi connectivity index (χ3v) is 8.24. The van der Waals surface area contributed by atoms with E-state index in [1.165, 1.54) is 36.1 Å². The SMILES string of the molecule is CC(=O)N1CC[C@H]2CC[C@@H](C(=O)N(C)Cc3ccccc3)N2C(=O)[C@@H](NC(=O)c2cc3cc(C(C)(F)F)ccc3[nH]2)C1. The van der Waals surface area contributed by atoms with Gasteiger partial charge in [-0.3, -0.25) is 19.2 Å². The van der Waals surface area contributed by atoms with Gasteiger partial charge in [0.15, 0.2) is 0 Å². The number of aromatic nitrogens is 1. The van der Waals surface area contributed by atoms with Crippen molar-refractivity contribution in [3.63, 3.8) is 0 Å². The maximum absolute atomic E-state index is 14.0. The molecule has 11 heteroatoms. The standard InChI is InChI=1S/C31H35F2N5O4/c1-19(39)37-14-13-23-10-12-27(30(42)36(3)17-20-7-5-4-6-8-20)38(23)29(41)26(18-37)35-28(40)25-16-21-15-22(31(2,32)33)9-11-24(21)34-25/h4-9,11,15-16,23,26-27,34H,10,12-14,17-18H2,1-3H3,(H,35,40)/t23-,26+,27+/m1/s1. The molecule has 0 bridgehead atoms. The summed E-state index contributed by atoms with van der Waals surface area (Å²) < 4.78 is 27.7. The third kappa shape index (κ3) is 6.00. The summed E-state index contributed by atoms with van der Waals surface area (Å²) >= 11 is 0. The zero-order chi connectivity index (χ0) is 30.2. The molecule has 0 radical (unpaired) electrons. The monoisotopic (exact) mass is 579 g/mol. The Hall–Kier alpha value is -4.28. The number of nitrogens with zero attached hydrogens (tertiary/aromatic N) is 3. The first kappa shape index (κ1) is 29.2. The summed E-state index contributed by atoms with van der Waals surface area (Å²) in [6, 6.07) is 13.1. The number of rotatable bonds is 6. The van der Waals surface area contributed by atoms with E-state index in [1.54, 1.807) is 16.8 Å². The van der Waals surface area contributed by atoms with E-state index in [2.05, 4.69) is 10.3 Å². The van der Waals surface area contributed by atoms with Crippen molar-refractivity contribution in [2.45, 2.75) is 63.7 Å². The highest BCUT2D eigenvalue weighted by molar-refractivity contribution is 6.01. The Kier molecular flexibility index (Phi) is 8.03. The van der Waals surface area contributed by atoms with Crippen LogP contribution in [-0.4, -0.2) is 81.6 Å². The average Bonchev–Trinajstić information content (AvgIpc) is 3.56. The molecule has 2 aliphatic heterocycles. The molecule has 222 valence electrons. The molecule has 0 spiro atoms. The highest BCUT2D eigenvalue weighted by atomic mass is 19.3. The molecular formula is C31H35F2N5O4. The Morgan fingerprint density at radius 3 is 2.50 bits per heavy atom. The summed E-state index contributed by atoms with van der Waals surface area (Å²) in [5.74, 6) is -4.47. The first-order valence-electron chi connectivity index (χ1n) is 14.1. The molecule has 2 N–H and O–H groups in total. The summed E-state index contributed by atoms with van der Waals surface area (Å²) in [5, 5.41) is 3.19. The fourth-order valence-electron chi connectivity index (χ4n) is 5.96. The van der Waals surface area contributed by atoms with Gasteiger partial charge in [-0.2, -0.15) is 0 Å². The van der Waals surface area contributed by atoms with Crippen LogP contribution in [-0.2, 0) is 26.9 Å². The van der Waals surface area contributed by atoms with Crippen molar-refractivity contribution >= 4 is 34.5 Å². The van der Waals surface area contributed by atoms with Gasteiger partial charge in [-0.25, -0.2) is 8.78 Å². The minimum atomic E-state index is -3.04. The number of benzene rings is 2. The molecule has 2 fully saturated rings. The van der Waals surface area contributed by atoms with Gasteiger partial charge in [-0.1, -0.05) is 36.4 Å². The van der Waals surface area contributed by atoms with E-state index in [9.17, 15) is 28.0 Å². The number of hydrogen-bond acceptors (Lipinski definition) is 4. The van der Waals surface area contributed by atoms with Crippen molar-refractivity contribution in [2.75, 3.05) is 20.1 Å². The highest BCUT2D eigenvalue weighted by Crippen LogP contribution is 2.32. The van der Waals surface area contributed by atoms with Crippen molar-refractivity contribution < 1.29 is 28.0 Å². The molecular weight excluding hydrogens is 544 g/mol. The molecule has 2 aliphatic rings. The Morgan fingerprint density at radius 2 is 1.81 bits per heavy atom. The lowest BCUT2D eigenvalue weighted by atomic mass is 10.1. The molecule has 4 amide bonds. The molecule has 1 aromatic heterocycles. The first-order valence-corrected chi connectivity index (χ1v) is 14.1. The van der Waals surface area contributed by atoms with Gasteiger partial charge in [-0.15, -0.1) is 0 Å². The molecule has 2 aromatic carbocycles. The molecule has 0 aliphatic carbocycles. The summed E-state index contributed by atoms with van der Waals surface area (Å²) in [5.41, 5.74) is 1.38. The Labute approximate surface area is 242 Å². The lowest BCUT2D eigenvalue weighted by Crippen LogP contribution is -2.61. The largest absolute Gasteiger partial charge is 0.351 e. The summed E-state index contributed by atoms with van der Waals surface area (Å²) in [6.45, 7) is 2.96. The number of carbonyl (C=O) groups is 4. The van der Waals surface area contributed by atoms with E-state index in [0.29, 0.717) is 43.3 Å². The van der Waals surface area contributed by atoms with Crippen LogP contribution in [0.5, 0.6) is 0 Å². The van der Waals surface area contributed by atoms with E-state index in [-0.39, 0.29) is 35.7 Å². The second-order valence-corrected chi connectivity index (χ2v) is 11.3. The predicted octanol–water partition coefficient (Wildman–Crippen LogP) is 3.65. The van der Waals surface area contributed by atoms with Gasteiger partial charge in [0.1, 0.15) is 17.8 Å². The van der Waals surface area contributed by atoms with E-state index >= 15 is 0 Å². The molecule has 9 nitrogen and oxygen atoms in total. The molecule has 2 saturated heterocycles. The number of hydrogen-bond donors (Lipinski definition) is 2. The lowest BCUT2D eigenvalue weighted by molar-refractivity contribution is -0.148. The number of likely N-dealkylation sites (N-methyl/N-ethyl adjacent to an activating group) is 1. The van der Waals surface area contributed by atoms with Crippen molar-refractivity contribution in [2.24, 2.45) is 0 Å². The molecule has 3 heterocycles. The van der Waals surface area contributed by atoms with Crippen LogP contribution in [0.3, 0.4) is 0 Å². The highest BCUT2D eigenvalue weighted by Gasteiger charge is 2.46. The Morgan fingerprint density at radius 1 is 1.07 bits per heavy atom. The molecule has 0 unspecified atom stereocenters. The summed E-state index contributed by atoms with van der Waals surface area (Å²) in [6.07, 6.45) is 1.63. The van der Waals surface area contributed by atoms with Crippen LogP contribution in [0.15, 0.2) is 54.6 Å². The van der Waals surface area contributed by atoms with Gasteiger partial charge in [0.25, 0.3) is 11.8 Å². The number of amides is 4. The third-order valence-electron chi connectivity index (χ3n) is 8.24. The molecule has 5 rings (SSSR count). The van der Waals surface area contributed by atoms with Gasteiger partial charge in [0.05, 0.1) is 0 Å². The molecule has 42 heavy (non-hydrogen) atoms. The van der Waals surface area contributed by atoms with Gasteiger partial charge >= 0.3 is 0 Å². The smallest absolute Gasteiger partial charge is 0.270 e. The van der Waals surface area contributed by atoms with Crippen LogP contribution < -0.4 is 5.32 Å². The van der Waals surface area contributed by atoms with E-state index in [4.69, 9.17) is 0 Å². The maximum atomic E-state index is 14.0. The second kappa shape index (κ2) is 11.5. The first-order chi connectivity index (χ1) is 19.9. The topological polar surface area (TPSA) is 106 Å². The van der Waals surface area contributed by atoms with Gasteiger partial charge in [-0.05, 0) is 43.0 Å². The van der Waals surface area contributed by atoms with Crippen molar-refractivity contribution in [1.29, 1.82) is 0 Å². The fraction of sp³-hybridized carbons (Fsp3) is 0.419. The van der Waals surface area contributed by atoms with Crippen molar-refractivity contribution in [1.82, 2.24) is 25.0 Å². The Bertz CT molecular complexity index is 1500. The van der Waals surface area contributed by atoms with E-state index in [0.717, 1.165) is 12.5 Å². The number of alkyl halides is 2. The van der Waals surface area contributed by atoms with E-state index in [1.807, 2.05) is 30.3 Å². The van der Waals surface area contributed by atoms with Crippen LogP contribution in [0.25, 0.3) is 10.9 Å². The summed E-state index contributed by atoms with van der Waals surface area (Å²) in [7, 11) is 1.71. The number of H-pyrrole nitrogens is 1. The van der Waals surface area contributed by atoms with E-state index < -0.39 is 29.8 Å². The van der Waals surface area contributed by atoms with Gasteiger partial charge < -0.3 is 25.0 Å². The van der Waals surface area contributed by atoms with Crippen molar-refractivity contribution in [3.8, 4) is 0 Å². The predicted molar refractivity (Wildman–Crippen MR) is 153 cm³/mol. The summed E-state index contributed by atoms with van der Waals surface area (Å²) in [4.78, 5) is 61.1. The Balaban J connectivity index is 1.38. The zero-order valence-corrected chi connectivity index (χ0v) is 23.9. The zero-order valence-electron chi connectivity index (χ0n) is 23.9. The van der Waals surface area contributed by atoms with Crippen LogP contribution >= 0.6 is 0 Å². The van der Waals surface area contributed by atoms with Crippen LogP contribution in [0.2, 0.25) is 0 Å². The lowest BCUT2D eigenvalue weighted by Gasteiger charge is -2.39. The number of nitrogens with one attached hydrogen (secondary N) is 2. The minimum absolute atomic E-state index is 0.0453. The number of carbonyl (C=O) groups excluding carboxylic acids is 4. The van der Waals surface area contributed by atoms with Gasteiger partial charge in [0, 0.05) is 63.0 Å². The molecule has 0 saturated carbocycles. The van der Waals surface area contributed by atoms with Crippen LogP contribution in [0.4, 0.5) is 8.78 Å². The average molecular weight is 580 g/mol. The van der Waals surface area contributed by atoms with Crippen LogP contribution in [0.1, 0.15) is 54.7 Å². The maximum Gasteiger partial charge on any atom is 0.270 e. The minimum Gasteiger partial charge on any atom is -0.351 e. The van der Waals surface area contributed by atoms with Crippen molar-refractivity contribution in [3.05, 3.63) is 71.4 Å². The molecule has 3 aromatic rings. The van der Waals surface area contributed by atoms with Crippen LogP contribution in [0, 0.1) is 0 Å².